The maximum atomic E-state index is 13.3. The van der Waals surface area contributed by atoms with Crippen molar-refractivity contribution in [1.82, 2.24) is 9.55 Å². The van der Waals surface area contributed by atoms with Crippen molar-refractivity contribution >= 4 is 17.4 Å². The Morgan fingerprint density at radius 2 is 2.11 bits per heavy atom. The third-order valence-electron chi connectivity index (χ3n) is 4.95. The average Bonchev–Trinajstić information content (AvgIpc) is 3.20. The van der Waals surface area contributed by atoms with E-state index in [9.17, 15) is 14.4 Å². The van der Waals surface area contributed by atoms with Crippen molar-refractivity contribution in [2.45, 2.75) is 45.7 Å². The number of H-pyrrole nitrogens is 1. The van der Waals surface area contributed by atoms with Crippen molar-refractivity contribution in [1.29, 1.82) is 0 Å². The molecule has 3 heterocycles. The van der Waals surface area contributed by atoms with E-state index in [2.05, 4.69) is 4.98 Å². The summed E-state index contributed by atoms with van der Waals surface area (Å²) in [5, 5.41) is 0. The minimum absolute atomic E-state index is 0.00540. The van der Waals surface area contributed by atoms with Gasteiger partial charge in [-0.05, 0) is 31.4 Å². The van der Waals surface area contributed by atoms with Gasteiger partial charge in [0.05, 0.1) is 12.8 Å². The number of ether oxygens (including phenoxy) is 1. The van der Waals surface area contributed by atoms with E-state index in [-0.39, 0.29) is 29.9 Å². The molecular weight excluding hydrogens is 364 g/mol. The number of unbranched alkanes of at least 4 members (excludes halogenated alkanes) is 1. The molecule has 9 heteroatoms. The molecule has 0 unspecified atom stereocenters. The quantitative estimate of drug-likeness (QED) is 0.738. The van der Waals surface area contributed by atoms with Crippen molar-refractivity contribution in [2.75, 3.05) is 23.8 Å². The molecule has 0 aromatic carbocycles. The topological polar surface area (TPSA) is 124 Å². The third-order valence-corrected chi connectivity index (χ3v) is 4.95. The molecule has 152 valence electrons. The second kappa shape index (κ2) is 8.92. The van der Waals surface area contributed by atoms with Crippen LogP contribution in [0.5, 0.6) is 0 Å². The summed E-state index contributed by atoms with van der Waals surface area (Å²) in [5.74, 6) is 0.0100. The lowest BCUT2D eigenvalue weighted by Crippen LogP contribution is -2.44. The number of hydrogen-bond acceptors (Lipinski definition) is 6. The fraction of sp³-hybridized carbons (Fsp3) is 0.526. The van der Waals surface area contributed by atoms with Gasteiger partial charge in [-0.3, -0.25) is 24.0 Å². The van der Waals surface area contributed by atoms with Crippen LogP contribution < -0.4 is 21.9 Å². The number of rotatable bonds is 7. The molecule has 2 aromatic heterocycles. The van der Waals surface area contributed by atoms with Crippen LogP contribution in [-0.2, 0) is 22.6 Å². The zero-order valence-corrected chi connectivity index (χ0v) is 16.0. The number of nitrogens with zero attached hydrogens (tertiary/aromatic N) is 2. The molecule has 0 atom stereocenters. The molecule has 1 saturated heterocycles. The molecule has 1 aliphatic heterocycles. The van der Waals surface area contributed by atoms with E-state index in [4.69, 9.17) is 14.9 Å². The molecule has 3 rings (SSSR count). The van der Waals surface area contributed by atoms with Gasteiger partial charge in [0.1, 0.15) is 11.6 Å². The molecule has 0 bridgehead atoms. The Kier molecular flexibility index (Phi) is 6.35. The average molecular weight is 390 g/mol. The summed E-state index contributed by atoms with van der Waals surface area (Å²) in [6.07, 6.45) is 4.23. The molecular formula is C19H26N4O5. The first kappa shape index (κ1) is 19.9. The molecule has 9 nitrogen and oxygen atoms in total. The first-order valence-electron chi connectivity index (χ1n) is 9.57. The molecule has 2 aromatic rings. The second-order valence-electron chi connectivity index (χ2n) is 6.89. The van der Waals surface area contributed by atoms with Gasteiger partial charge in [0.25, 0.3) is 5.56 Å². The molecule has 0 saturated carbocycles. The highest BCUT2D eigenvalue weighted by molar-refractivity contribution is 5.97. The van der Waals surface area contributed by atoms with Crippen LogP contribution in [0.2, 0.25) is 0 Å². The van der Waals surface area contributed by atoms with Crippen LogP contribution >= 0.6 is 0 Å². The van der Waals surface area contributed by atoms with Crippen molar-refractivity contribution in [3.63, 3.8) is 0 Å². The molecule has 1 fully saturated rings. The number of anilines is 2. The van der Waals surface area contributed by atoms with Crippen LogP contribution in [0.25, 0.3) is 0 Å². The fourth-order valence-electron chi connectivity index (χ4n) is 3.37. The molecule has 0 radical (unpaired) electrons. The molecule has 1 aliphatic rings. The van der Waals surface area contributed by atoms with E-state index in [1.165, 1.54) is 15.7 Å². The number of hydrogen-bond donors (Lipinski definition) is 2. The number of aromatic nitrogens is 2. The summed E-state index contributed by atoms with van der Waals surface area (Å²) >= 11 is 0. The minimum Gasteiger partial charge on any atom is -0.467 e. The predicted molar refractivity (Wildman–Crippen MR) is 104 cm³/mol. The van der Waals surface area contributed by atoms with Gasteiger partial charge in [-0.2, -0.15) is 0 Å². The van der Waals surface area contributed by atoms with Crippen LogP contribution in [0.3, 0.4) is 0 Å². The predicted octanol–water partition coefficient (Wildman–Crippen LogP) is 1.47. The Morgan fingerprint density at radius 1 is 1.36 bits per heavy atom. The number of nitrogens with one attached hydrogen (secondary N) is 1. The number of aromatic amines is 1. The van der Waals surface area contributed by atoms with Crippen LogP contribution in [0.1, 0.15) is 38.4 Å². The smallest absolute Gasteiger partial charge is 0.330 e. The highest BCUT2D eigenvalue weighted by Gasteiger charge is 2.31. The summed E-state index contributed by atoms with van der Waals surface area (Å²) in [5.41, 5.74) is 4.95. The lowest BCUT2D eigenvalue weighted by molar-refractivity contribution is -0.125. The van der Waals surface area contributed by atoms with Crippen molar-refractivity contribution in [3.05, 3.63) is 45.0 Å². The lowest BCUT2D eigenvalue weighted by Gasteiger charge is -2.29. The Morgan fingerprint density at radius 3 is 2.75 bits per heavy atom. The van der Waals surface area contributed by atoms with Crippen LogP contribution in [0.4, 0.5) is 11.5 Å². The monoisotopic (exact) mass is 390 g/mol. The van der Waals surface area contributed by atoms with Gasteiger partial charge in [0.2, 0.25) is 5.91 Å². The van der Waals surface area contributed by atoms with Gasteiger partial charge in [0, 0.05) is 25.7 Å². The van der Waals surface area contributed by atoms with Gasteiger partial charge < -0.3 is 14.9 Å². The Hall–Kier alpha value is -2.81. The van der Waals surface area contributed by atoms with E-state index in [0.717, 1.165) is 12.8 Å². The highest BCUT2D eigenvalue weighted by Crippen LogP contribution is 2.25. The Balaban J connectivity index is 2.05. The van der Waals surface area contributed by atoms with Crippen LogP contribution in [-0.4, -0.2) is 28.7 Å². The normalized spacial score (nSPS) is 14.9. The van der Waals surface area contributed by atoms with E-state index in [1.54, 1.807) is 12.1 Å². The van der Waals surface area contributed by atoms with Gasteiger partial charge in [0.15, 0.2) is 5.69 Å². The SMILES string of the molecule is CCCCn1c(N)c(N(Cc2ccco2)C(=O)C2CCOCC2)c(=O)[nH]c1=O. The lowest BCUT2D eigenvalue weighted by atomic mass is 9.98. The number of carbonyl (C=O) groups is 1. The Labute approximate surface area is 162 Å². The largest absolute Gasteiger partial charge is 0.467 e. The maximum absolute atomic E-state index is 13.3. The molecule has 0 aliphatic carbocycles. The zero-order valence-electron chi connectivity index (χ0n) is 16.0. The number of nitrogen functional groups attached to an aromatic ring is 1. The van der Waals surface area contributed by atoms with E-state index >= 15 is 0 Å². The number of nitrogens with two attached hydrogens (primary N) is 1. The van der Waals surface area contributed by atoms with Crippen molar-refractivity contribution in [2.24, 2.45) is 5.92 Å². The minimum atomic E-state index is -0.679. The zero-order chi connectivity index (χ0) is 20.1. The summed E-state index contributed by atoms with van der Waals surface area (Å²) in [6.45, 7) is 3.40. The van der Waals surface area contributed by atoms with Crippen molar-refractivity contribution < 1.29 is 13.9 Å². The van der Waals surface area contributed by atoms with Gasteiger partial charge >= 0.3 is 5.69 Å². The van der Waals surface area contributed by atoms with Gasteiger partial charge in [-0.1, -0.05) is 13.3 Å². The number of carbonyl (C=O) groups excluding carboxylic acids is 1. The molecule has 1 amide bonds. The summed E-state index contributed by atoms with van der Waals surface area (Å²) in [6, 6.07) is 3.43. The van der Waals surface area contributed by atoms with E-state index < -0.39 is 11.2 Å². The first-order valence-corrected chi connectivity index (χ1v) is 9.57. The first-order chi connectivity index (χ1) is 13.5. The number of furan rings is 1. The van der Waals surface area contributed by atoms with E-state index in [1.807, 2.05) is 6.92 Å². The third kappa shape index (κ3) is 4.19. The van der Waals surface area contributed by atoms with E-state index in [0.29, 0.717) is 38.4 Å². The highest BCUT2D eigenvalue weighted by atomic mass is 16.5. The summed E-state index contributed by atoms with van der Waals surface area (Å²) < 4.78 is 12.0. The summed E-state index contributed by atoms with van der Waals surface area (Å²) in [7, 11) is 0. The fourth-order valence-corrected chi connectivity index (χ4v) is 3.37. The molecule has 0 spiro atoms. The second-order valence-corrected chi connectivity index (χ2v) is 6.89. The standard InChI is InChI=1S/C19H26N4O5/c1-2-3-8-22-16(20)15(17(24)21-19(22)26)23(12-14-5-4-9-28-14)18(25)13-6-10-27-11-7-13/h4-5,9,13H,2-3,6-8,10-12,20H2,1H3,(H,21,24,26). The molecule has 3 N–H and O–H groups in total. The van der Waals surface area contributed by atoms with Crippen LogP contribution in [0.15, 0.2) is 32.4 Å². The molecule has 28 heavy (non-hydrogen) atoms. The number of amides is 1. The Bertz CT molecular complexity index is 909. The van der Waals surface area contributed by atoms with Crippen LogP contribution in [0, 0.1) is 5.92 Å². The van der Waals surface area contributed by atoms with Crippen molar-refractivity contribution in [3.8, 4) is 0 Å². The maximum Gasteiger partial charge on any atom is 0.330 e. The summed E-state index contributed by atoms with van der Waals surface area (Å²) in [4.78, 5) is 41.8. The van der Waals surface area contributed by atoms with Gasteiger partial charge in [-0.25, -0.2) is 4.79 Å². The van der Waals surface area contributed by atoms with Gasteiger partial charge in [-0.15, -0.1) is 0 Å².